The van der Waals surface area contributed by atoms with Crippen LogP contribution in [0.2, 0.25) is 0 Å². The van der Waals surface area contributed by atoms with Crippen LogP contribution < -0.4 is 10.1 Å². The minimum Gasteiger partial charge on any atom is -0.496 e. The molecule has 2 N–H and O–H groups in total. The van der Waals surface area contributed by atoms with E-state index < -0.39 is 0 Å². The summed E-state index contributed by atoms with van der Waals surface area (Å²) in [6.07, 6.45) is 2.75. The number of thioether (sulfide) groups is 1. The molecule has 112 valence electrons. The van der Waals surface area contributed by atoms with Crippen molar-refractivity contribution in [1.29, 1.82) is 0 Å². The first-order valence-corrected chi connectivity index (χ1v) is 8.14. The number of methoxy groups -OCH3 is 1. The predicted octanol–water partition coefficient (Wildman–Crippen LogP) is 3.56. The Morgan fingerprint density at radius 2 is 1.81 bits per heavy atom. The van der Waals surface area contributed by atoms with Gasteiger partial charge in [0.05, 0.1) is 7.11 Å². The summed E-state index contributed by atoms with van der Waals surface area (Å²) >= 11 is 1.68. The minimum atomic E-state index is 0.189. The molecule has 2 aromatic rings. The number of hydrogen-bond donors (Lipinski definition) is 2. The number of rotatable bonds is 7. The maximum absolute atomic E-state index is 8.90. The molecule has 0 fully saturated rings. The molecule has 0 aromatic heterocycles. The molecule has 0 saturated heterocycles. The lowest BCUT2D eigenvalue weighted by atomic mass is 10.1. The number of hydrogen-bond acceptors (Lipinski definition) is 4. The second-order valence-corrected chi connectivity index (χ2v) is 5.56. The third-order valence-corrected chi connectivity index (χ3v) is 4.08. The molecule has 21 heavy (non-hydrogen) atoms. The Morgan fingerprint density at radius 1 is 1.10 bits per heavy atom. The van der Waals surface area contributed by atoms with Crippen LogP contribution in [-0.2, 0) is 13.0 Å². The number of nitrogens with one attached hydrogen (secondary N) is 1. The fourth-order valence-corrected chi connectivity index (χ4v) is 2.66. The zero-order valence-electron chi connectivity index (χ0n) is 12.4. The van der Waals surface area contributed by atoms with Gasteiger partial charge in [0.2, 0.25) is 0 Å². The fraction of sp³-hybridized carbons (Fsp3) is 0.294. The van der Waals surface area contributed by atoms with Gasteiger partial charge >= 0.3 is 0 Å². The summed E-state index contributed by atoms with van der Waals surface area (Å²) in [5, 5.41) is 12.3. The van der Waals surface area contributed by atoms with E-state index in [1.165, 1.54) is 5.56 Å². The highest BCUT2D eigenvalue weighted by Crippen LogP contribution is 2.28. The van der Waals surface area contributed by atoms with Crippen molar-refractivity contribution in [2.24, 2.45) is 0 Å². The van der Waals surface area contributed by atoms with Gasteiger partial charge in [-0.1, -0.05) is 18.2 Å². The van der Waals surface area contributed by atoms with Gasteiger partial charge in [-0.2, -0.15) is 0 Å². The van der Waals surface area contributed by atoms with Crippen LogP contribution in [0.5, 0.6) is 5.75 Å². The number of benzene rings is 2. The van der Waals surface area contributed by atoms with Gasteiger partial charge in [0.25, 0.3) is 0 Å². The molecule has 0 heterocycles. The summed E-state index contributed by atoms with van der Waals surface area (Å²) in [4.78, 5) is 1.15. The number of aliphatic hydroxyl groups is 1. The third-order valence-electron chi connectivity index (χ3n) is 3.30. The Balaban J connectivity index is 1.99. The fourth-order valence-electron chi connectivity index (χ4n) is 2.11. The molecule has 0 aliphatic heterocycles. The van der Waals surface area contributed by atoms with Crippen LogP contribution >= 0.6 is 11.8 Å². The summed E-state index contributed by atoms with van der Waals surface area (Å²) in [6.45, 7) is 0.943. The third kappa shape index (κ3) is 4.41. The summed E-state index contributed by atoms with van der Waals surface area (Å²) in [6, 6.07) is 14.4. The number of aliphatic hydroxyl groups excluding tert-OH is 1. The highest BCUT2D eigenvalue weighted by Gasteiger charge is 2.03. The van der Waals surface area contributed by atoms with Crippen LogP contribution in [0, 0.1) is 0 Å². The van der Waals surface area contributed by atoms with E-state index in [-0.39, 0.29) is 6.61 Å². The maximum Gasteiger partial charge on any atom is 0.132 e. The van der Waals surface area contributed by atoms with Crippen molar-refractivity contribution in [1.82, 2.24) is 0 Å². The van der Waals surface area contributed by atoms with Gasteiger partial charge < -0.3 is 15.2 Å². The minimum absolute atomic E-state index is 0.189. The van der Waals surface area contributed by atoms with Crippen LogP contribution in [0.4, 0.5) is 5.69 Å². The molecular formula is C17H21NO2S. The SMILES string of the molecule is COc1cc(CNc2ccc(CCO)cc2)ccc1SC. The van der Waals surface area contributed by atoms with E-state index >= 15 is 0 Å². The Hall–Kier alpha value is -1.65. The highest BCUT2D eigenvalue weighted by molar-refractivity contribution is 7.98. The number of ether oxygens (including phenoxy) is 1. The molecule has 0 bridgehead atoms. The van der Waals surface area contributed by atoms with Crippen LogP contribution in [0.3, 0.4) is 0 Å². The highest BCUT2D eigenvalue weighted by atomic mass is 32.2. The quantitative estimate of drug-likeness (QED) is 0.767. The zero-order valence-corrected chi connectivity index (χ0v) is 13.2. The lowest BCUT2D eigenvalue weighted by Crippen LogP contribution is -2.00. The van der Waals surface area contributed by atoms with Crippen LogP contribution in [0.1, 0.15) is 11.1 Å². The Morgan fingerprint density at radius 3 is 2.43 bits per heavy atom. The summed E-state index contributed by atoms with van der Waals surface area (Å²) in [7, 11) is 1.70. The van der Waals surface area contributed by atoms with E-state index in [9.17, 15) is 0 Å². The van der Waals surface area contributed by atoms with Gasteiger partial charge in [0, 0.05) is 23.7 Å². The summed E-state index contributed by atoms with van der Waals surface area (Å²) in [5.74, 6) is 0.917. The van der Waals surface area contributed by atoms with E-state index in [2.05, 4.69) is 23.5 Å². The molecule has 0 aliphatic rings. The van der Waals surface area contributed by atoms with Gasteiger partial charge in [0.15, 0.2) is 0 Å². The standard InChI is InChI=1S/C17H21NO2S/c1-20-16-11-14(5-8-17(16)21-2)12-18-15-6-3-13(4-7-15)9-10-19/h3-8,11,18-19H,9-10,12H2,1-2H3. The van der Waals surface area contributed by atoms with Crippen molar-refractivity contribution in [3.05, 3.63) is 53.6 Å². The largest absolute Gasteiger partial charge is 0.496 e. The molecule has 4 heteroatoms. The summed E-state index contributed by atoms with van der Waals surface area (Å²) in [5.41, 5.74) is 3.41. The van der Waals surface area contributed by atoms with Crippen molar-refractivity contribution < 1.29 is 9.84 Å². The monoisotopic (exact) mass is 303 g/mol. The van der Waals surface area contributed by atoms with Gasteiger partial charge in [-0.05, 0) is 48.1 Å². The van der Waals surface area contributed by atoms with Crippen molar-refractivity contribution in [3.63, 3.8) is 0 Å². The first-order valence-electron chi connectivity index (χ1n) is 6.91. The van der Waals surface area contributed by atoms with E-state index in [1.807, 2.05) is 30.5 Å². The lowest BCUT2D eigenvalue weighted by molar-refractivity contribution is 0.299. The van der Waals surface area contributed by atoms with Crippen molar-refractivity contribution in [2.75, 3.05) is 25.3 Å². The molecule has 0 radical (unpaired) electrons. The van der Waals surface area contributed by atoms with Gasteiger partial charge in [-0.15, -0.1) is 11.8 Å². The van der Waals surface area contributed by atoms with Crippen molar-refractivity contribution in [2.45, 2.75) is 17.9 Å². The second kappa shape index (κ2) is 7.96. The van der Waals surface area contributed by atoms with Crippen LogP contribution in [0.15, 0.2) is 47.4 Å². The van der Waals surface area contributed by atoms with E-state index in [0.29, 0.717) is 6.42 Å². The first kappa shape index (κ1) is 15.7. The lowest BCUT2D eigenvalue weighted by Gasteiger charge is -2.11. The molecular weight excluding hydrogens is 282 g/mol. The molecule has 2 rings (SSSR count). The summed E-state index contributed by atoms with van der Waals surface area (Å²) < 4.78 is 5.40. The normalized spacial score (nSPS) is 10.4. The van der Waals surface area contributed by atoms with Gasteiger partial charge in [-0.25, -0.2) is 0 Å². The van der Waals surface area contributed by atoms with Crippen LogP contribution in [-0.4, -0.2) is 25.1 Å². The first-order chi connectivity index (χ1) is 10.3. The Bertz CT molecular complexity index is 570. The predicted molar refractivity (Wildman–Crippen MR) is 89.3 cm³/mol. The van der Waals surface area contributed by atoms with Gasteiger partial charge in [0.1, 0.15) is 5.75 Å². The average Bonchev–Trinajstić information content (AvgIpc) is 2.54. The smallest absolute Gasteiger partial charge is 0.132 e. The molecule has 0 spiro atoms. The Labute approximate surface area is 130 Å². The molecule has 3 nitrogen and oxygen atoms in total. The molecule has 2 aromatic carbocycles. The average molecular weight is 303 g/mol. The topological polar surface area (TPSA) is 41.5 Å². The van der Waals surface area contributed by atoms with Crippen molar-refractivity contribution >= 4 is 17.4 Å². The molecule has 0 aliphatic carbocycles. The Kier molecular flexibility index (Phi) is 5.96. The molecule has 0 saturated carbocycles. The van der Waals surface area contributed by atoms with E-state index in [4.69, 9.17) is 9.84 Å². The van der Waals surface area contributed by atoms with E-state index in [0.717, 1.165) is 28.4 Å². The zero-order chi connectivity index (χ0) is 15.1. The second-order valence-electron chi connectivity index (χ2n) is 4.71. The number of anilines is 1. The maximum atomic E-state index is 8.90. The molecule has 0 atom stereocenters. The van der Waals surface area contributed by atoms with Crippen LogP contribution in [0.25, 0.3) is 0 Å². The van der Waals surface area contributed by atoms with E-state index in [1.54, 1.807) is 18.9 Å². The van der Waals surface area contributed by atoms with Crippen molar-refractivity contribution in [3.8, 4) is 5.75 Å². The molecule has 0 unspecified atom stereocenters. The molecule has 0 amide bonds. The van der Waals surface area contributed by atoms with Gasteiger partial charge in [-0.3, -0.25) is 0 Å².